The van der Waals surface area contributed by atoms with Crippen LogP contribution in [0.5, 0.6) is 0 Å². The van der Waals surface area contributed by atoms with Crippen LogP contribution >= 0.6 is 23.1 Å². The van der Waals surface area contributed by atoms with E-state index in [0.717, 1.165) is 23.1 Å². The van der Waals surface area contributed by atoms with Crippen LogP contribution in [0.25, 0.3) is 0 Å². The lowest BCUT2D eigenvalue weighted by molar-refractivity contribution is -0.113. The highest BCUT2D eigenvalue weighted by atomic mass is 32.2. The molecular formula is C16H17N3O4S2. The lowest BCUT2D eigenvalue weighted by Gasteiger charge is -2.04. The average Bonchev–Trinajstić information content (AvgIpc) is 2.91. The van der Waals surface area contributed by atoms with E-state index in [1.54, 1.807) is 31.2 Å². The predicted molar refractivity (Wildman–Crippen MR) is 99.0 cm³/mol. The summed E-state index contributed by atoms with van der Waals surface area (Å²) in [4.78, 5) is 35.7. The summed E-state index contributed by atoms with van der Waals surface area (Å²) in [5, 5.41) is 2.73. The molecule has 132 valence electrons. The maximum absolute atomic E-state index is 12.0. The van der Waals surface area contributed by atoms with Gasteiger partial charge < -0.3 is 21.5 Å². The van der Waals surface area contributed by atoms with Gasteiger partial charge in [0.25, 0.3) is 5.91 Å². The number of amides is 2. The van der Waals surface area contributed by atoms with Crippen molar-refractivity contribution in [1.29, 1.82) is 0 Å². The quantitative estimate of drug-likeness (QED) is 0.501. The minimum atomic E-state index is -0.754. The van der Waals surface area contributed by atoms with Gasteiger partial charge in [-0.25, -0.2) is 4.79 Å². The second-order valence-electron chi connectivity index (χ2n) is 4.79. The molecule has 1 heterocycles. The molecule has 9 heteroatoms. The number of hydrogen-bond donors (Lipinski definition) is 3. The Morgan fingerprint density at radius 2 is 1.92 bits per heavy atom. The maximum Gasteiger partial charge on any atom is 0.350 e. The Bertz CT molecular complexity index is 790. The van der Waals surface area contributed by atoms with E-state index in [1.165, 1.54) is 0 Å². The second kappa shape index (κ2) is 8.54. The smallest absolute Gasteiger partial charge is 0.350 e. The lowest BCUT2D eigenvalue weighted by Crippen LogP contribution is -2.16. The van der Waals surface area contributed by atoms with Crippen LogP contribution in [0.3, 0.4) is 0 Å². The number of anilines is 2. The monoisotopic (exact) mass is 379 g/mol. The molecule has 0 aliphatic carbocycles. The zero-order valence-electron chi connectivity index (χ0n) is 13.4. The van der Waals surface area contributed by atoms with Crippen molar-refractivity contribution in [3.63, 3.8) is 0 Å². The number of esters is 1. The molecule has 0 aliphatic heterocycles. The van der Waals surface area contributed by atoms with Crippen LogP contribution in [0.4, 0.5) is 11.4 Å². The number of thiophene rings is 1. The van der Waals surface area contributed by atoms with E-state index < -0.39 is 11.9 Å². The minimum absolute atomic E-state index is 0.0121. The Hall–Kier alpha value is -2.52. The van der Waals surface area contributed by atoms with Crippen molar-refractivity contribution in [2.75, 3.05) is 23.4 Å². The van der Waals surface area contributed by atoms with Gasteiger partial charge in [-0.05, 0) is 19.1 Å². The van der Waals surface area contributed by atoms with E-state index in [4.69, 9.17) is 16.2 Å². The summed E-state index contributed by atoms with van der Waals surface area (Å²) in [5.41, 5.74) is 11.9. The molecule has 5 N–H and O–H groups in total. The molecule has 0 saturated carbocycles. The number of hydrogen-bond acceptors (Lipinski definition) is 7. The van der Waals surface area contributed by atoms with Crippen LogP contribution < -0.4 is 16.8 Å². The molecule has 0 bridgehead atoms. The van der Waals surface area contributed by atoms with Gasteiger partial charge >= 0.3 is 5.97 Å². The summed E-state index contributed by atoms with van der Waals surface area (Å²) in [7, 11) is 0. The number of nitrogens with two attached hydrogens (primary N) is 2. The van der Waals surface area contributed by atoms with Crippen LogP contribution in [-0.2, 0) is 9.53 Å². The Kier molecular flexibility index (Phi) is 6.43. The standard InChI is InChI=1S/C16H17N3O4S2/c1-2-23-15(22)13-12(17)11(14(18)21)16(25-13)24-8-10(20)19-9-6-4-3-5-7-9/h3-7H,2,8,17H2,1H3,(H2,18,21)(H,19,20). The molecule has 0 spiro atoms. The molecule has 2 amide bonds. The first-order valence-corrected chi connectivity index (χ1v) is 9.11. The molecule has 0 unspecified atom stereocenters. The van der Waals surface area contributed by atoms with Crippen LogP contribution in [0, 0.1) is 0 Å². The molecule has 25 heavy (non-hydrogen) atoms. The Morgan fingerprint density at radius 3 is 2.52 bits per heavy atom. The minimum Gasteiger partial charge on any atom is -0.462 e. The normalized spacial score (nSPS) is 10.3. The largest absolute Gasteiger partial charge is 0.462 e. The van der Waals surface area contributed by atoms with E-state index in [1.807, 2.05) is 6.07 Å². The van der Waals surface area contributed by atoms with Crippen molar-refractivity contribution in [3.05, 3.63) is 40.8 Å². The highest BCUT2D eigenvalue weighted by molar-refractivity contribution is 8.01. The third-order valence-corrected chi connectivity index (χ3v) is 5.47. The zero-order chi connectivity index (χ0) is 18.4. The van der Waals surface area contributed by atoms with Crippen LogP contribution in [0.15, 0.2) is 34.5 Å². The number of benzene rings is 1. The summed E-state index contributed by atoms with van der Waals surface area (Å²) in [6, 6.07) is 8.98. The SMILES string of the molecule is CCOC(=O)c1sc(SCC(=O)Nc2ccccc2)c(C(N)=O)c1N. The number of primary amides is 1. The molecular weight excluding hydrogens is 362 g/mol. The van der Waals surface area contributed by atoms with Gasteiger partial charge in [-0.2, -0.15) is 0 Å². The molecule has 2 aromatic rings. The van der Waals surface area contributed by atoms with Gasteiger partial charge in [0.1, 0.15) is 4.88 Å². The molecule has 0 radical (unpaired) electrons. The first-order chi connectivity index (χ1) is 11.9. The van der Waals surface area contributed by atoms with Crippen molar-refractivity contribution < 1.29 is 19.1 Å². The maximum atomic E-state index is 12.0. The summed E-state index contributed by atoms with van der Waals surface area (Å²) in [5.74, 6) is -1.59. The third kappa shape index (κ3) is 4.74. The molecule has 0 saturated heterocycles. The number of para-hydroxylation sites is 1. The van der Waals surface area contributed by atoms with Gasteiger partial charge in [-0.15, -0.1) is 23.1 Å². The van der Waals surface area contributed by atoms with E-state index in [9.17, 15) is 14.4 Å². The number of ether oxygens (including phenoxy) is 1. The topological polar surface area (TPSA) is 125 Å². The van der Waals surface area contributed by atoms with Crippen molar-refractivity contribution >= 4 is 52.3 Å². The van der Waals surface area contributed by atoms with Gasteiger partial charge in [0.05, 0.1) is 27.8 Å². The number of carbonyl (C=O) groups excluding carboxylic acids is 3. The van der Waals surface area contributed by atoms with E-state index in [-0.39, 0.29) is 34.4 Å². The summed E-state index contributed by atoms with van der Waals surface area (Å²) in [6.07, 6.45) is 0. The second-order valence-corrected chi connectivity index (χ2v) is 7.06. The molecule has 1 aromatic carbocycles. The molecule has 0 aliphatic rings. The van der Waals surface area contributed by atoms with Gasteiger partial charge in [0, 0.05) is 5.69 Å². The Morgan fingerprint density at radius 1 is 1.24 bits per heavy atom. The number of rotatable bonds is 7. The highest BCUT2D eigenvalue weighted by Gasteiger charge is 2.25. The highest BCUT2D eigenvalue weighted by Crippen LogP contribution is 2.38. The van der Waals surface area contributed by atoms with Crippen LogP contribution in [0.1, 0.15) is 27.0 Å². The van der Waals surface area contributed by atoms with Gasteiger partial charge in [-0.1, -0.05) is 18.2 Å². The predicted octanol–water partition coefficient (Wildman–Crippen LogP) is 2.34. The van der Waals surface area contributed by atoms with E-state index in [2.05, 4.69) is 5.32 Å². The van der Waals surface area contributed by atoms with Crippen molar-refractivity contribution in [1.82, 2.24) is 0 Å². The fraction of sp³-hybridized carbons (Fsp3) is 0.188. The van der Waals surface area contributed by atoms with Crippen molar-refractivity contribution in [3.8, 4) is 0 Å². The van der Waals surface area contributed by atoms with E-state index >= 15 is 0 Å². The van der Waals surface area contributed by atoms with Crippen molar-refractivity contribution in [2.45, 2.75) is 11.1 Å². The fourth-order valence-corrected chi connectivity index (χ4v) is 4.16. The zero-order valence-corrected chi connectivity index (χ0v) is 15.0. The molecule has 0 atom stereocenters. The summed E-state index contributed by atoms with van der Waals surface area (Å²) < 4.78 is 5.33. The van der Waals surface area contributed by atoms with E-state index in [0.29, 0.717) is 9.90 Å². The Balaban J connectivity index is 2.12. The molecule has 0 fully saturated rings. The summed E-state index contributed by atoms with van der Waals surface area (Å²) >= 11 is 2.08. The summed E-state index contributed by atoms with van der Waals surface area (Å²) in [6.45, 7) is 1.85. The third-order valence-electron chi connectivity index (χ3n) is 3.01. The lowest BCUT2D eigenvalue weighted by atomic mass is 10.2. The molecule has 1 aromatic heterocycles. The fourth-order valence-electron chi connectivity index (χ4n) is 1.96. The first-order valence-electron chi connectivity index (χ1n) is 7.30. The molecule has 2 rings (SSSR count). The van der Waals surface area contributed by atoms with Gasteiger partial charge in [-0.3, -0.25) is 9.59 Å². The van der Waals surface area contributed by atoms with Gasteiger partial charge in [0.15, 0.2) is 0 Å². The van der Waals surface area contributed by atoms with Crippen LogP contribution in [0.2, 0.25) is 0 Å². The number of carbonyl (C=O) groups is 3. The number of thioether (sulfide) groups is 1. The van der Waals surface area contributed by atoms with Crippen LogP contribution in [-0.4, -0.2) is 30.1 Å². The number of nitrogens with one attached hydrogen (secondary N) is 1. The van der Waals surface area contributed by atoms with Gasteiger partial charge in [0.2, 0.25) is 5.91 Å². The Labute approximate surface area is 152 Å². The van der Waals surface area contributed by atoms with Crippen molar-refractivity contribution in [2.24, 2.45) is 5.73 Å². The number of nitrogen functional groups attached to an aromatic ring is 1. The molecule has 7 nitrogen and oxygen atoms in total. The average molecular weight is 379 g/mol. The first kappa shape index (κ1) is 18.8.